The molecule has 33 heavy (non-hydrogen) atoms. The maximum atomic E-state index is 12.5. The SMILES string of the molecule is CCOC(=O)CCNC(=O)NC1CCN(c2ccc(C=NN)cc2)C1=O.O=C(O)C(F)(F)F. The highest BCUT2D eigenvalue weighted by molar-refractivity contribution is 6.01. The minimum absolute atomic E-state index is 0.0877. The van der Waals surface area contributed by atoms with Crippen LogP contribution in [0.4, 0.5) is 23.7 Å². The van der Waals surface area contributed by atoms with Crippen molar-refractivity contribution >= 4 is 35.8 Å². The molecule has 1 heterocycles. The minimum atomic E-state index is -5.08. The number of nitrogens with zero attached hydrogens (tertiary/aromatic N) is 2. The molecule has 1 unspecified atom stereocenters. The molecule has 0 spiro atoms. The molecule has 182 valence electrons. The molecule has 0 bridgehead atoms. The number of carbonyl (C=O) groups is 4. The number of hydrazone groups is 1. The van der Waals surface area contributed by atoms with Crippen LogP contribution in [-0.4, -0.2) is 67.1 Å². The Bertz CT molecular complexity index is 860. The Labute approximate surface area is 186 Å². The second kappa shape index (κ2) is 12.9. The van der Waals surface area contributed by atoms with Crippen LogP contribution in [0.5, 0.6) is 0 Å². The first kappa shape index (κ1) is 27.2. The van der Waals surface area contributed by atoms with Crippen LogP contribution < -0.4 is 21.4 Å². The fourth-order valence-electron chi connectivity index (χ4n) is 2.62. The Hall–Kier alpha value is -3.84. The van der Waals surface area contributed by atoms with Crippen molar-refractivity contribution in [3.05, 3.63) is 29.8 Å². The van der Waals surface area contributed by atoms with Crippen LogP contribution in [0.3, 0.4) is 0 Å². The zero-order valence-electron chi connectivity index (χ0n) is 17.6. The van der Waals surface area contributed by atoms with Gasteiger partial charge in [-0.25, -0.2) is 9.59 Å². The molecule has 1 atom stereocenters. The van der Waals surface area contributed by atoms with Crippen molar-refractivity contribution in [1.82, 2.24) is 10.6 Å². The summed E-state index contributed by atoms with van der Waals surface area (Å²) in [5.74, 6) is 1.80. The summed E-state index contributed by atoms with van der Waals surface area (Å²) in [7, 11) is 0. The van der Waals surface area contributed by atoms with Gasteiger partial charge in [-0.2, -0.15) is 18.3 Å². The Balaban J connectivity index is 0.000000675. The first-order valence-electron chi connectivity index (χ1n) is 9.64. The lowest BCUT2D eigenvalue weighted by molar-refractivity contribution is -0.192. The first-order chi connectivity index (χ1) is 15.5. The van der Waals surface area contributed by atoms with E-state index in [2.05, 4.69) is 15.7 Å². The monoisotopic (exact) mass is 475 g/mol. The van der Waals surface area contributed by atoms with Gasteiger partial charge in [0.1, 0.15) is 6.04 Å². The average Bonchev–Trinajstić information content (AvgIpc) is 3.09. The number of carbonyl (C=O) groups excluding carboxylic acids is 3. The Morgan fingerprint density at radius 2 is 1.91 bits per heavy atom. The summed E-state index contributed by atoms with van der Waals surface area (Å²) in [6.07, 6.45) is -2.97. The van der Waals surface area contributed by atoms with E-state index in [1.807, 2.05) is 12.1 Å². The number of esters is 1. The first-order valence-corrected chi connectivity index (χ1v) is 9.64. The van der Waals surface area contributed by atoms with Crippen LogP contribution in [0.15, 0.2) is 29.4 Å². The van der Waals surface area contributed by atoms with E-state index in [1.54, 1.807) is 24.0 Å². The summed E-state index contributed by atoms with van der Waals surface area (Å²) in [5.41, 5.74) is 1.58. The van der Waals surface area contributed by atoms with E-state index in [-0.39, 0.29) is 24.8 Å². The molecule has 1 aromatic carbocycles. The van der Waals surface area contributed by atoms with E-state index < -0.39 is 24.2 Å². The third-order valence-corrected chi connectivity index (χ3v) is 4.10. The number of hydrogen-bond donors (Lipinski definition) is 4. The van der Waals surface area contributed by atoms with E-state index in [0.29, 0.717) is 19.6 Å². The maximum absolute atomic E-state index is 12.5. The van der Waals surface area contributed by atoms with Crippen molar-refractivity contribution < 1.29 is 42.2 Å². The zero-order chi connectivity index (χ0) is 25.0. The van der Waals surface area contributed by atoms with E-state index in [4.69, 9.17) is 20.5 Å². The summed E-state index contributed by atoms with van der Waals surface area (Å²) < 4.78 is 36.5. The van der Waals surface area contributed by atoms with E-state index >= 15 is 0 Å². The van der Waals surface area contributed by atoms with E-state index in [1.165, 1.54) is 6.21 Å². The van der Waals surface area contributed by atoms with Crippen LogP contribution in [0.1, 0.15) is 25.3 Å². The molecule has 0 aromatic heterocycles. The lowest BCUT2D eigenvalue weighted by atomic mass is 10.2. The summed E-state index contributed by atoms with van der Waals surface area (Å²) >= 11 is 0. The number of carboxylic acids is 1. The van der Waals surface area contributed by atoms with Crippen molar-refractivity contribution in [3.8, 4) is 0 Å². The molecule has 1 aliphatic heterocycles. The lowest BCUT2D eigenvalue weighted by Gasteiger charge is -2.17. The highest BCUT2D eigenvalue weighted by Gasteiger charge is 2.38. The van der Waals surface area contributed by atoms with Crippen LogP contribution in [-0.2, 0) is 19.1 Å². The number of benzene rings is 1. The van der Waals surface area contributed by atoms with E-state index in [9.17, 15) is 27.6 Å². The topological polar surface area (TPSA) is 163 Å². The van der Waals surface area contributed by atoms with E-state index in [0.717, 1.165) is 11.3 Å². The standard InChI is InChI=1S/C17H23N5O4.C2HF3O2/c1-2-26-15(23)7-9-19-17(25)21-14-8-10-22(16(14)24)13-5-3-12(4-6-13)11-20-18;3-2(4,5)1(6)7/h3-6,11,14H,2,7-10,18H2,1H3,(H2,19,21,25);(H,6,7). The number of nitrogens with one attached hydrogen (secondary N) is 2. The van der Waals surface area contributed by atoms with Gasteiger partial charge in [0.2, 0.25) is 5.91 Å². The number of urea groups is 1. The van der Waals surface area contributed by atoms with Crippen LogP contribution in [0.25, 0.3) is 0 Å². The van der Waals surface area contributed by atoms with Gasteiger partial charge in [0.25, 0.3) is 0 Å². The molecule has 1 saturated heterocycles. The normalized spacial score (nSPS) is 15.6. The molecule has 11 nitrogen and oxygen atoms in total. The molecule has 14 heteroatoms. The average molecular weight is 475 g/mol. The molecule has 3 amide bonds. The smallest absolute Gasteiger partial charge is 0.475 e. The largest absolute Gasteiger partial charge is 0.490 e. The minimum Gasteiger partial charge on any atom is -0.475 e. The number of rotatable bonds is 7. The lowest BCUT2D eigenvalue weighted by Crippen LogP contribution is -2.46. The van der Waals surface area contributed by atoms with Crippen molar-refractivity contribution in [1.29, 1.82) is 0 Å². The molecule has 0 radical (unpaired) electrons. The fraction of sp³-hybridized carbons (Fsp3) is 0.421. The second-order valence-corrected chi connectivity index (χ2v) is 6.46. The molecule has 1 aromatic rings. The summed E-state index contributed by atoms with van der Waals surface area (Å²) in [6.45, 7) is 2.68. The van der Waals surface area contributed by atoms with Crippen LogP contribution in [0.2, 0.25) is 0 Å². The third kappa shape index (κ3) is 9.45. The summed E-state index contributed by atoms with van der Waals surface area (Å²) in [5, 5.41) is 15.8. The molecule has 1 fully saturated rings. The molecular weight excluding hydrogens is 451 g/mol. The van der Waals surface area contributed by atoms with Crippen LogP contribution in [0, 0.1) is 0 Å². The van der Waals surface area contributed by atoms with Crippen molar-refractivity contribution in [2.45, 2.75) is 32.0 Å². The molecule has 5 N–H and O–H groups in total. The van der Waals surface area contributed by atoms with Crippen LogP contribution >= 0.6 is 0 Å². The van der Waals surface area contributed by atoms with Gasteiger partial charge in [0, 0.05) is 18.8 Å². The van der Waals surface area contributed by atoms with Gasteiger partial charge in [0.05, 0.1) is 19.2 Å². The van der Waals surface area contributed by atoms with Crippen molar-refractivity contribution in [3.63, 3.8) is 0 Å². The Kier molecular flexibility index (Phi) is 10.6. The number of amides is 3. The molecule has 0 aliphatic carbocycles. The molecule has 2 rings (SSSR count). The predicted octanol–water partition coefficient (Wildman–Crippen LogP) is 0.970. The molecule has 0 saturated carbocycles. The highest BCUT2D eigenvalue weighted by Crippen LogP contribution is 2.21. The second-order valence-electron chi connectivity index (χ2n) is 6.46. The van der Waals surface area contributed by atoms with Gasteiger partial charge in [-0.15, -0.1) is 0 Å². The number of hydrogen-bond acceptors (Lipinski definition) is 7. The molecular formula is C19H24F3N5O6. The van der Waals surface area contributed by atoms with Gasteiger partial charge in [-0.1, -0.05) is 12.1 Å². The number of carboxylic acid groups (broad SMARTS) is 1. The van der Waals surface area contributed by atoms with Gasteiger partial charge >= 0.3 is 24.1 Å². The quantitative estimate of drug-likeness (QED) is 0.198. The number of anilines is 1. The number of alkyl halides is 3. The fourth-order valence-corrected chi connectivity index (χ4v) is 2.62. The highest BCUT2D eigenvalue weighted by atomic mass is 19.4. The number of nitrogens with two attached hydrogens (primary N) is 1. The van der Waals surface area contributed by atoms with Crippen molar-refractivity contribution in [2.75, 3.05) is 24.6 Å². The van der Waals surface area contributed by atoms with Gasteiger partial charge < -0.3 is 31.2 Å². The molecule has 1 aliphatic rings. The zero-order valence-corrected chi connectivity index (χ0v) is 17.6. The predicted molar refractivity (Wildman–Crippen MR) is 110 cm³/mol. The third-order valence-electron chi connectivity index (χ3n) is 4.10. The van der Waals surface area contributed by atoms with Gasteiger partial charge in [-0.05, 0) is 31.0 Å². The number of halogens is 3. The summed E-state index contributed by atoms with van der Waals surface area (Å²) in [4.78, 5) is 46.1. The maximum Gasteiger partial charge on any atom is 0.490 e. The van der Waals surface area contributed by atoms with Crippen molar-refractivity contribution in [2.24, 2.45) is 10.9 Å². The Morgan fingerprint density at radius 3 is 2.42 bits per heavy atom. The van der Waals surface area contributed by atoms with Gasteiger partial charge in [-0.3, -0.25) is 9.59 Å². The number of ether oxygens (including phenoxy) is 1. The summed E-state index contributed by atoms with van der Waals surface area (Å²) in [6, 6.07) is 6.14. The van der Waals surface area contributed by atoms with Gasteiger partial charge in [0.15, 0.2) is 0 Å². The number of aliphatic carboxylic acids is 1. The Morgan fingerprint density at radius 1 is 1.30 bits per heavy atom.